The van der Waals surface area contributed by atoms with Gasteiger partial charge in [0, 0.05) is 6.42 Å². The van der Waals surface area contributed by atoms with Crippen molar-refractivity contribution in [1.82, 2.24) is 0 Å². The predicted octanol–water partition coefficient (Wildman–Crippen LogP) is 2.38. The zero-order valence-electron chi connectivity index (χ0n) is 10.5. The van der Waals surface area contributed by atoms with E-state index in [-0.39, 0.29) is 11.3 Å². The fourth-order valence-electron chi connectivity index (χ4n) is 1.33. The summed E-state index contributed by atoms with van der Waals surface area (Å²) >= 11 is 0. The molecular weight excluding hydrogens is 252 g/mol. The van der Waals surface area contributed by atoms with Gasteiger partial charge in [0.05, 0.1) is 4.90 Å². The van der Waals surface area contributed by atoms with E-state index < -0.39 is 16.4 Å². The Morgan fingerprint density at radius 1 is 1.28 bits per heavy atom. The maximum Gasteiger partial charge on any atom is 0.299 e. The lowest BCUT2D eigenvalue weighted by Crippen LogP contribution is -2.17. The molecule has 0 aliphatic carbocycles. The molecule has 4 nitrogen and oxygen atoms in total. The van der Waals surface area contributed by atoms with Crippen LogP contribution in [-0.4, -0.2) is 19.8 Å². The van der Waals surface area contributed by atoms with Gasteiger partial charge < -0.3 is 5.11 Å². The predicted molar refractivity (Wildman–Crippen MR) is 69.5 cm³/mol. The third-order valence-electron chi connectivity index (χ3n) is 2.29. The Bertz CT molecular complexity index is 488. The molecule has 1 rings (SSSR count). The van der Waals surface area contributed by atoms with E-state index in [1.165, 1.54) is 12.1 Å². The zero-order valence-corrected chi connectivity index (χ0v) is 11.4. The molecule has 5 heteroatoms. The maximum absolute atomic E-state index is 11.8. The summed E-state index contributed by atoms with van der Waals surface area (Å²) in [7, 11) is -3.90. The molecule has 1 unspecified atom stereocenters. The van der Waals surface area contributed by atoms with Crippen LogP contribution in [0.5, 0.6) is 0 Å². The van der Waals surface area contributed by atoms with Gasteiger partial charge in [0.25, 0.3) is 10.1 Å². The van der Waals surface area contributed by atoms with Gasteiger partial charge in [-0.25, -0.2) is 4.18 Å². The van der Waals surface area contributed by atoms with Crippen LogP contribution in [0.4, 0.5) is 0 Å². The molecule has 0 fully saturated rings. The molecular formula is C13H18O4S. The molecule has 0 radical (unpaired) electrons. The van der Waals surface area contributed by atoms with Crippen molar-refractivity contribution in [3.8, 4) is 0 Å². The summed E-state index contributed by atoms with van der Waals surface area (Å²) in [6.45, 7) is 3.81. The van der Waals surface area contributed by atoms with Crippen LogP contribution < -0.4 is 0 Å². The van der Waals surface area contributed by atoms with E-state index in [9.17, 15) is 13.5 Å². The Morgan fingerprint density at radius 3 is 2.44 bits per heavy atom. The van der Waals surface area contributed by atoms with E-state index in [0.29, 0.717) is 0 Å². The fourth-order valence-corrected chi connectivity index (χ4v) is 2.28. The summed E-state index contributed by atoms with van der Waals surface area (Å²) < 4.78 is 28.2. The molecule has 100 valence electrons. The van der Waals surface area contributed by atoms with E-state index in [0.717, 1.165) is 12.0 Å². The van der Waals surface area contributed by atoms with E-state index in [1.807, 2.05) is 19.9 Å². The van der Waals surface area contributed by atoms with Crippen molar-refractivity contribution in [2.45, 2.75) is 37.9 Å². The average Bonchev–Trinajstić information content (AvgIpc) is 2.29. The van der Waals surface area contributed by atoms with Gasteiger partial charge in [0.1, 0.15) is 0 Å². The van der Waals surface area contributed by atoms with E-state index in [2.05, 4.69) is 4.18 Å². The monoisotopic (exact) mass is 270 g/mol. The standard InChI is InChI=1S/C13H18O4S/c1-3-4-5-6-13(14)17-18(15,16)12-9-7-11(2)8-10-12/h4-5,7-10,13-14H,3,6H2,1-2H3/b5-4-. The van der Waals surface area contributed by atoms with E-state index >= 15 is 0 Å². The summed E-state index contributed by atoms with van der Waals surface area (Å²) in [5.41, 5.74) is 0.959. The number of aliphatic hydroxyl groups is 1. The molecule has 0 amide bonds. The van der Waals surface area contributed by atoms with Crippen molar-refractivity contribution in [2.75, 3.05) is 0 Å². The number of aliphatic hydroxyl groups excluding tert-OH is 1. The van der Waals surface area contributed by atoms with Gasteiger partial charge in [0.15, 0.2) is 6.29 Å². The minimum atomic E-state index is -3.90. The number of rotatable bonds is 6. The van der Waals surface area contributed by atoms with E-state index in [1.54, 1.807) is 18.2 Å². The van der Waals surface area contributed by atoms with Crippen molar-refractivity contribution in [1.29, 1.82) is 0 Å². The second-order valence-corrected chi connectivity index (χ2v) is 5.51. The van der Waals surface area contributed by atoms with Crippen LogP contribution in [0.25, 0.3) is 0 Å². The smallest absolute Gasteiger partial charge is 0.299 e. The Balaban J connectivity index is 2.70. The first-order chi connectivity index (χ1) is 8.45. The van der Waals surface area contributed by atoms with Crippen molar-refractivity contribution >= 4 is 10.1 Å². The highest BCUT2D eigenvalue weighted by Gasteiger charge is 2.19. The van der Waals surface area contributed by atoms with Gasteiger partial charge in [-0.15, -0.1) is 0 Å². The molecule has 0 spiro atoms. The van der Waals surface area contributed by atoms with Crippen LogP contribution in [0.15, 0.2) is 41.3 Å². The number of benzene rings is 1. The first-order valence-electron chi connectivity index (χ1n) is 5.78. The molecule has 0 saturated heterocycles. The lowest BCUT2D eigenvalue weighted by Gasteiger charge is -2.10. The summed E-state index contributed by atoms with van der Waals surface area (Å²) in [6.07, 6.45) is 3.16. The maximum atomic E-state index is 11.8. The zero-order chi connectivity index (χ0) is 13.6. The minimum Gasteiger partial charge on any atom is -0.367 e. The lowest BCUT2D eigenvalue weighted by atomic mass is 10.2. The van der Waals surface area contributed by atoms with Crippen LogP contribution in [0.1, 0.15) is 25.3 Å². The first-order valence-corrected chi connectivity index (χ1v) is 7.19. The van der Waals surface area contributed by atoms with Gasteiger partial charge in [-0.2, -0.15) is 8.42 Å². The second-order valence-electron chi connectivity index (χ2n) is 3.93. The summed E-state index contributed by atoms with van der Waals surface area (Å²) in [5, 5.41) is 9.47. The largest absolute Gasteiger partial charge is 0.367 e. The molecule has 18 heavy (non-hydrogen) atoms. The van der Waals surface area contributed by atoms with Crippen molar-refractivity contribution in [3.63, 3.8) is 0 Å². The topological polar surface area (TPSA) is 63.6 Å². The first kappa shape index (κ1) is 14.9. The average molecular weight is 270 g/mol. The third-order valence-corrected chi connectivity index (χ3v) is 3.61. The quantitative estimate of drug-likeness (QED) is 0.489. The second kappa shape index (κ2) is 6.68. The lowest BCUT2D eigenvalue weighted by molar-refractivity contribution is -0.00823. The van der Waals surface area contributed by atoms with Crippen molar-refractivity contribution < 1.29 is 17.7 Å². The Labute approximate surface area is 108 Å². The van der Waals surface area contributed by atoms with Crippen molar-refractivity contribution in [3.05, 3.63) is 42.0 Å². The third kappa shape index (κ3) is 4.60. The Hall–Kier alpha value is -1.17. The minimum absolute atomic E-state index is 0.0478. The van der Waals surface area contributed by atoms with Gasteiger partial charge in [-0.05, 0) is 25.5 Å². The fraction of sp³-hybridized carbons (Fsp3) is 0.385. The van der Waals surface area contributed by atoms with Crippen LogP contribution >= 0.6 is 0 Å². The summed E-state index contributed by atoms with van der Waals surface area (Å²) in [4.78, 5) is 0.0478. The van der Waals surface area contributed by atoms with Gasteiger partial charge in [0.2, 0.25) is 0 Å². The number of hydrogen-bond donors (Lipinski definition) is 1. The molecule has 0 aromatic heterocycles. The number of aryl methyl sites for hydroxylation is 1. The molecule has 0 aliphatic rings. The molecule has 1 atom stereocenters. The normalized spacial score (nSPS) is 13.9. The van der Waals surface area contributed by atoms with Gasteiger partial charge >= 0.3 is 0 Å². The van der Waals surface area contributed by atoms with E-state index in [4.69, 9.17) is 0 Å². The summed E-state index contributed by atoms with van der Waals surface area (Å²) in [5.74, 6) is 0. The SMILES string of the molecule is CC/C=C\CC(O)OS(=O)(=O)c1ccc(C)cc1. The van der Waals surface area contributed by atoms with Crippen molar-refractivity contribution in [2.24, 2.45) is 0 Å². The van der Waals surface area contributed by atoms with Crippen LogP contribution in [0, 0.1) is 6.92 Å². The van der Waals surface area contributed by atoms with Crippen LogP contribution in [0.3, 0.4) is 0 Å². The van der Waals surface area contributed by atoms with Crippen LogP contribution in [0.2, 0.25) is 0 Å². The number of allylic oxidation sites excluding steroid dienone is 1. The molecule has 0 saturated carbocycles. The molecule has 0 aliphatic heterocycles. The highest BCUT2D eigenvalue weighted by Crippen LogP contribution is 2.15. The Morgan fingerprint density at radius 2 is 1.89 bits per heavy atom. The highest BCUT2D eigenvalue weighted by atomic mass is 32.2. The molecule has 1 N–H and O–H groups in total. The summed E-state index contributed by atoms with van der Waals surface area (Å²) in [6, 6.07) is 6.28. The highest BCUT2D eigenvalue weighted by molar-refractivity contribution is 7.86. The molecule has 1 aromatic rings. The Kier molecular flexibility index (Phi) is 5.53. The van der Waals surface area contributed by atoms with Crippen LogP contribution in [-0.2, 0) is 14.3 Å². The number of hydrogen-bond acceptors (Lipinski definition) is 4. The van der Waals surface area contributed by atoms with Gasteiger partial charge in [-0.3, -0.25) is 0 Å². The van der Waals surface area contributed by atoms with Gasteiger partial charge in [-0.1, -0.05) is 36.8 Å². The molecule has 0 heterocycles. The molecule has 0 bridgehead atoms. The molecule has 1 aromatic carbocycles.